The van der Waals surface area contributed by atoms with E-state index in [0.717, 1.165) is 17.7 Å². The van der Waals surface area contributed by atoms with E-state index in [1.54, 1.807) is 18.0 Å². The summed E-state index contributed by atoms with van der Waals surface area (Å²) in [6.07, 6.45) is 5.01. The van der Waals surface area contributed by atoms with Crippen LogP contribution in [0.15, 0.2) is 65.0 Å². The second kappa shape index (κ2) is 9.40. The molecule has 0 spiro atoms. The van der Waals surface area contributed by atoms with E-state index in [0.29, 0.717) is 18.2 Å². The van der Waals surface area contributed by atoms with Crippen LogP contribution in [0.3, 0.4) is 0 Å². The molecule has 0 saturated heterocycles. The van der Waals surface area contributed by atoms with E-state index in [-0.39, 0.29) is 5.91 Å². The molecule has 0 unspecified atom stereocenters. The molecule has 0 radical (unpaired) electrons. The Morgan fingerprint density at radius 3 is 2.50 bits per heavy atom. The maximum absolute atomic E-state index is 12.0. The lowest BCUT2D eigenvalue weighted by Crippen LogP contribution is -2.22. The van der Waals surface area contributed by atoms with Crippen molar-refractivity contribution >= 4 is 29.0 Å². The van der Waals surface area contributed by atoms with Crippen LogP contribution in [-0.4, -0.2) is 17.1 Å². The standard InChI is InChI=1S/C20H20N2O2S2/c1-25-18-9-4-15(5-10-18)6-11-19(23)22-14-16-2-7-17(8-3-16)24-20-21-12-13-26-20/h2-5,7-10,12-13H,6,11,14H2,1H3,(H,22,23). The van der Waals surface area contributed by atoms with Crippen LogP contribution in [0.5, 0.6) is 10.9 Å². The largest absolute Gasteiger partial charge is 0.431 e. The molecule has 0 aliphatic rings. The van der Waals surface area contributed by atoms with Gasteiger partial charge in [0.1, 0.15) is 5.75 Å². The van der Waals surface area contributed by atoms with Gasteiger partial charge in [-0.25, -0.2) is 4.98 Å². The molecule has 1 aromatic heterocycles. The third-order valence-electron chi connectivity index (χ3n) is 3.83. The molecule has 3 aromatic rings. The Morgan fingerprint density at radius 1 is 1.12 bits per heavy atom. The highest BCUT2D eigenvalue weighted by molar-refractivity contribution is 7.98. The SMILES string of the molecule is CSc1ccc(CCC(=O)NCc2ccc(Oc3nccs3)cc2)cc1. The van der Waals surface area contributed by atoms with Crippen LogP contribution in [0, 0.1) is 0 Å². The number of rotatable bonds is 8. The number of nitrogens with one attached hydrogen (secondary N) is 1. The summed E-state index contributed by atoms with van der Waals surface area (Å²) in [6.45, 7) is 0.516. The molecule has 0 fully saturated rings. The fourth-order valence-corrected chi connectivity index (χ4v) is 3.29. The van der Waals surface area contributed by atoms with Crippen molar-refractivity contribution in [3.8, 4) is 10.9 Å². The first-order chi connectivity index (χ1) is 12.7. The Labute approximate surface area is 161 Å². The number of benzene rings is 2. The van der Waals surface area contributed by atoms with E-state index < -0.39 is 0 Å². The molecule has 3 rings (SSSR count). The van der Waals surface area contributed by atoms with Crippen LogP contribution < -0.4 is 10.1 Å². The minimum atomic E-state index is 0.0575. The van der Waals surface area contributed by atoms with Gasteiger partial charge in [0.2, 0.25) is 5.91 Å². The number of thioether (sulfide) groups is 1. The van der Waals surface area contributed by atoms with Crippen LogP contribution in [0.4, 0.5) is 0 Å². The molecule has 0 bridgehead atoms. The zero-order valence-electron chi connectivity index (χ0n) is 14.5. The molecule has 6 heteroatoms. The van der Waals surface area contributed by atoms with Crippen molar-refractivity contribution in [2.45, 2.75) is 24.3 Å². The smallest absolute Gasteiger partial charge is 0.278 e. The minimum Gasteiger partial charge on any atom is -0.431 e. The fourth-order valence-electron chi connectivity index (χ4n) is 2.38. The zero-order chi connectivity index (χ0) is 18.2. The third kappa shape index (κ3) is 5.61. The molecule has 1 N–H and O–H groups in total. The van der Waals surface area contributed by atoms with Crippen molar-refractivity contribution in [1.82, 2.24) is 10.3 Å². The monoisotopic (exact) mass is 384 g/mol. The van der Waals surface area contributed by atoms with Crippen LogP contribution in [0.25, 0.3) is 0 Å². The summed E-state index contributed by atoms with van der Waals surface area (Å²) in [5, 5.41) is 5.46. The van der Waals surface area contributed by atoms with Gasteiger partial charge in [-0.05, 0) is 48.1 Å². The Kier molecular flexibility index (Phi) is 6.68. The second-order valence-corrected chi connectivity index (χ2v) is 7.41. The maximum atomic E-state index is 12.0. The Hall–Kier alpha value is -2.31. The zero-order valence-corrected chi connectivity index (χ0v) is 16.1. The molecule has 0 atom stereocenters. The number of aromatic nitrogens is 1. The molecule has 1 heterocycles. The Morgan fingerprint density at radius 2 is 1.85 bits per heavy atom. The summed E-state index contributed by atoms with van der Waals surface area (Å²) in [5.41, 5.74) is 2.22. The molecule has 0 saturated carbocycles. The van der Waals surface area contributed by atoms with Gasteiger partial charge < -0.3 is 10.1 Å². The first-order valence-electron chi connectivity index (χ1n) is 8.29. The summed E-state index contributed by atoms with van der Waals surface area (Å²) >= 11 is 3.17. The lowest BCUT2D eigenvalue weighted by atomic mass is 10.1. The summed E-state index contributed by atoms with van der Waals surface area (Å²) in [5.74, 6) is 0.797. The second-order valence-electron chi connectivity index (χ2n) is 5.67. The Balaban J connectivity index is 1.42. The lowest BCUT2D eigenvalue weighted by molar-refractivity contribution is -0.121. The van der Waals surface area contributed by atoms with Crippen LogP contribution in [-0.2, 0) is 17.8 Å². The highest BCUT2D eigenvalue weighted by atomic mass is 32.2. The maximum Gasteiger partial charge on any atom is 0.278 e. The van der Waals surface area contributed by atoms with E-state index in [2.05, 4.69) is 40.8 Å². The van der Waals surface area contributed by atoms with E-state index >= 15 is 0 Å². The molecule has 134 valence electrons. The number of ether oxygens (including phenoxy) is 1. The molecular weight excluding hydrogens is 364 g/mol. The van der Waals surface area contributed by atoms with E-state index in [4.69, 9.17) is 4.74 Å². The number of thiazole rings is 1. The van der Waals surface area contributed by atoms with Gasteiger partial charge in [0.15, 0.2) is 0 Å². The number of amides is 1. The van der Waals surface area contributed by atoms with Crippen molar-refractivity contribution < 1.29 is 9.53 Å². The summed E-state index contributed by atoms with van der Waals surface area (Å²) in [6, 6.07) is 16.0. The number of aryl methyl sites for hydroxylation is 1. The number of carbonyl (C=O) groups excluding carboxylic acids is 1. The predicted molar refractivity (Wildman–Crippen MR) is 107 cm³/mol. The van der Waals surface area contributed by atoms with Crippen molar-refractivity contribution in [2.75, 3.05) is 6.26 Å². The van der Waals surface area contributed by atoms with Gasteiger partial charge in [-0.3, -0.25) is 4.79 Å². The molecule has 4 nitrogen and oxygen atoms in total. The first kappa shape index (κ1) is 18.5. The van der Waals surface area contributed by atoms with Crippen LogP contribution in [0.1, 0.15) is 17.5 Å². The van der Waals surface area contributed by atoms with Gasteiger partial charge in [0.25, 0.3) is 5.19 Å². The van der Waals surface area contributed by atoms with Crippen LogP contribution >= 0.6 is 23.1 Å². The molecule has 2 aromatic carbocycles. The van der Waals surface area contributed by atoms with Gasteiger partial charge in [-0.2, -0.15) is 0 Å². The fraction of sp³-hybridized carbons (Fsp3) is 0.200. The van der Waals surface area contributed by atoms with Gasteiger partial charge in [0, 0.05) is 29.4 Å². The van der Waals surface area contributed by atoms with Gasteiger partial charge in [0.05, 0.1) is 0 Å². The Bertz CT molecular complexity index is 816. The van der Waals surface area contributed by atoms with Crippen molar-refractivity contribution in [1.29, 1.82) is 0 Å². The molecule has 0 aliphatic carbocycles. The van der Waals surface area contributed by atoms with E-state index in [1.807, 2.05) is 29.6 Å². The molecular formula is C20H20N2O2S2. The lowest BCUT2D eigenvalue weighted by Gasteiger charge is -2.07. The molecule has 26 heavy (non-hydrogen) atoms. The minimum absolute atomic E-state index is 0.0575. The van der Waals surface area contributed by atoms with Crippen LogP contribution in [0.2, 0.25) is 0 Å². The van der Waals surface area contributed by atoms with Gasteiger partial charge in [-0.1, -0.05) is 35.6 Å². The average molecular weight is 385 g/mol. The van der Waals surface area contributed by atoms with Crippen molar-refractivity contribution in [2.24, 2.45) is 0 Å². The van der Waals surface area contributed by atoms with Crippen molar-refractivity contribution in [3.05, 3.63) is 71.2 Å². The highest BCUT2D eigenvalue weighted by Crippen LogP contribution is 2.23. The quantitative estimate of drug-likeness (QED) is 0.561. The normalized spacial score (nSPS) is 10.5. The number of hydrogen-bond acceptors (Lipinski definition) is 5. The summed E-state index contributed by atoms with van der Waals surface area (Å²) in [7, 11) is 0. The van der Waals surface area contributed by atoms with E-state index in [9.17, 15) is 4.79 Å². The third-order valence-corrected chi connectivity index (χ3v) is 5.22. The summed E-state index contributed by atoms with van der Waals surface area (Å²) < 4.78 is 5.62. The average Bonchev–Trinajstić information content (AvgIpc) is 3.19. The topological polar surface area (TPSA) is 51.2 Å². The number of hydrogen-bond donors (Lipinski definition) is 1. The van der Waals surface area contributed by atoms with Gasteiger partial charge >= 0.3 is 0 Å². The van der Waals surface area contributed by atoms with Gasteiger partial charge in [-0.15, -0.1) is 11.8 Å². The predicted octanol–water partition coefficient (Wildman–Crippen LogP) is 4.91. The number of nitrogens with zero attached hydrogens (tertiary/aromatic N) is 1. The molecule has 1 amide bonds. The molecule has 0 aliphatic heterocycles. The summed E-state index contributed by atoms with van der Waals surface area (Å²) in [4.78, 5) is 17.4. The number of carbonyl (C=O) groups is 1. The van der Waals surface area contributed by atoms with Crippen molar-refractivity contribution in [3.63, 3.8) is 0 Å². The first-order valence-corrected chi connectivity index (χ1v) is 10.4. The highest BCUT2D eigenvalue weighted by Gasteiger charge is 2.04. The van der Waals surface area contributed by atoms with E-state index in [1.165, 1.54) is 21.8 Å².